The zero-order valence-corrected chi connectivity index (χ0v) is 12.8. The third-order valence-electron chi connectivity index (χ3n) is 4.63. The zero-order valence-electron chi connectivity index (χ0n) is 12.8. The van der Waals surface area contributed by atoms with Crippen molar-refractivity contribution in [3.05, 3.63) is 0 Å². The van der Waals surface area contributed by atoms with Crippen LogP contribution in [0, 0.1) is 17.8 Å². The Labute approximate surface area is 118 Å². The van der Waals surface area contributed by atoms with E-state index in [4.69, 9.17) is 0 Å². The molecule has 1 rings (SSSR count). The van der Waals surface area contributed by atoms with Crippen LogP contribution in [0.1, 0.15) is 65.7 Å². The van der Waals surface area contributed by atoms with Crippen LogP contribution >= 0.6 is 0 Å². The van der Waals surface area contributed by atoms with Gasteiger partial charge in [-0.25, -0.2) is 0 Å². The Bertz CT molecular complexity index is 257. The molecule has 19 heavy (non-hydrogen) atoms. The summed E-state index contributed by atoms with van der Waals surface area (Å²) in [6.07, 6.45) is 7.96. The molecule has 112 valence electrons. The van der Waals surface area contributed by atoms with E-state index in [1.165, 1.54) is 25.7 Å². The maximum Gasteiger partial charge on any atom is 0.320 e. The summed E-state index contributed by atoms with van der Waals surface area (Å²) in [6.45, 7) is 7.61. The molecule has 0 bridgehead atoms. The van der Waals surface area contributed by atoms with E-state index in [1.54, 1.807) is 0 Å². The minimum absolute atomic E-state index is 0.345. The summed E-state index contributed by atoms with van der Waals surface area (Å²) in [6, 6.07) is -0.345. The Kier molecular flexibility index (Phi) is 7.44. The molecule has 1 saturated carbocycles. The van der Waals surface area contributed by atoms with Crippen molar-refractivity contribution in [2.75, 3.05) is 6.54 Å². The number of carbonyl (C=O) groups is 1. The lowest BCUT2D eigenvalue weighted by Crippen LogP contribution is -2.40. The summed E-state index contributed by atoms with van der Waals surface area (Å²) in [7, 11) is 0. The molecule has 0 amide bonds. The molecule has 1 aliphatic rings. The molecule has 0 aliphatic heterocycles. The van der Waals surface area contributed by atoms with Crippen LogP contribution in [-0.4, -0.2) is 23.7 Å². The fraction of sp³-hybridized carbons (Fsp3) is 0.938. The number of carboxylic acids is 1. The van der Waals surface area contributed by atoms with E-state index in [2.05, 4.69) is 26.1 Å². The van der Waals surface area contributed by atoms with E-state index in [1.807, 2.05) is 0 Å². The van der Waals surface area contributed by atoms with Crippen molar-refractivity contribution in [3.8, 4) is 0 Å². The van der Waals surface area contributed by atoms with Crippen molar-refractivity contribution < 1.29 is 9.90 Å². The van der Waals surface area contributed by atoms with Gasteiger partial charge in [-0.05, 0) is 56.4 Å². The van der Waals surface area contributed by atoms with Crippen LogP contribution in [0.4, 0.5) is 0 Å². The molecular weight excluding hydrogens is 238 g/mol. The van der Waals surface area contributed by atoms with Gasteiger partial charge in [0.25, 0.3) is 0 Å². The van der Waals surface area contributed by atoms with Gasteiger partial charge in [0, 0.05) is 0 Å². The maximum absolute atomic E-state index is 11.2. The predicted octanol–water partition coefficient (Wildman–Crippen LogP) is 3.68. The van der Waals surface area contributed by atoms with Crippen LogP contribution in [0.3, 0.4) is 0 Å². The lowest BCUT2D eigenvalue weighted by atomic mass is 9.77. The number of nitrogens with one attached hydrogen (secondary N) is 1. The third kappa shape index (κ3) is 5.94. The molecule has 0 radical (unpaired) electrons. The van der Waals surface area contributed by atoms with E-state index < -0.39 is 5.97 Å². The molecule has 0 heterocycles. The first-order chi connectivity index (χ1) is 9.04. The average molecular weight is 269 g/mol. The largest absolute Gasteiger partial charge is 0.480 e. The molecular formula is C16H31NO2. The van der Waals surface area contributed by atoms with Gasteiger partial charge < -0.3 is 10.4 Å². The number of hydrogen-bond acceptors (Lipinski definition) is 2. The highest BCUT2D eigenvalue weighted by Crippen LogP contribution is 2.32. The van der Waals surface area contributed by atoms with Crippen molar-refractivity contribution in [1.82, 2.24) is 5.32 Å². The molecule has 0 spiro atoms. The quantitative estimate of drug-likeness (QED) is 0.706. The third-order valence-corrected chi connectivity index (χ3v) is 4.63. The molecule has 0 aromatic heterocycles. The second-order valence-corrected chi connectivity index (χ2v) is 6.47. The first-order valence-electron chi connectivity index (χ1n) is 8.00. The van der Waals surface area contributed by atoms with Gasteiger partial charge in [-0.15, -0.1) is 0 Å². The normalized spacial score (nSPS) is 25.5. The van der Waals surface area contributed by atoms with Gasteiger partial charge in [-0.3, -0.25) is 4.79 Å². The van der Waals surface area contributed by atoms with Crippen molar-refractivity contribution >= 4 is 5.97 Å². The molecule has 0 saturated heterocycles. The standard InChI is InChI=1S/C16H31NO2/c1-4-5-6-15(16(18)19)17-11-13-7-9-14(10-8-13)12(2)3/h12-15,17H,4-11H2,1-3H3,(H,18,19)/t13?,14?,15-/m0/s1. The van der Waals surface area contributed by atoms with Crippen LogP contribution in [0.25, 0.3) is 0 Å². The number of aliphatic carboxylic acids is 1. The van der Waals surface area contributed by atoms with Gasteiger partial charge in [0.15, 0.2) is 0 Å². The van der Waals surface area contributed by atoms with Gasteiger partial charge in [-0.2, -0.15) is 0 Å². The van der Waals surface area contributed by atoms with E-state index in [0.29, 0.717) is 5.92 Å². The smallest absolute Gasteiger partial charge is 0.320 e. The molecule has 0 aromatic carbocycles. The summed E-state index contributed by atoms with van der Waals surface area (Å²) in [5.41, 5.74) is 0. The fourth-order valence-corrected chi connectivity index (χ4v) is 3.09. The van der Waals surface area contributed by atoms with Gasteiger partial charge in [0.2, 0.25) is 0 Å². The zero-order chi connectivity index (χ0) is 14.3. The number of rotatable bonds is 8. The fourth-order valence-electron chi connectivity index (χ4n) is 3.09. The Morgan fingerprint density at radius 2 is 1.89 bits per heavy atom. The molecule has 0 aromatic rings. The Morgan fingerprint density at radius 1 is 1.26 bits per heavy atom. The van der Waals surface area contributed by atoms with Crippen molar-refractivity contribution in [1.29, 1.82) is 0 Å². The highest BCUT2D eigenvalue weighted by molar-refractivity contribution is 5.73. The SMILES string of the molecule is CCCC[C@H](NCC1CCC(C(C)C)CC1)C(=O)O. The van der Waals surface area contributed by atoms with E-state index >= 15 is 0 Å². The molecule has 0 unspecified atom stereocenters. The first kappa shape index (κ1) is 16.5. The van der Waals surface area contributed by atoms with Gasteiger partial charge in [0.1, 0.15) is 6.04 Å². The summed E-state index contributed by atoms with van der Waals surface area (Å²) < 4.78 is 0. The van der Waals surface area contributed by atoms with Crippen LogP contribution in [0.5, 0.6) is 0 Å². The molecule has 1 aliphatic carbocycles. The topological polar surface area (TPSA) is 49.3 Å². The lowest BCUT2D eigenvalue weighted by Gasteiger charge is -2.31. The number of hydrogen-bond donors (Lipinski definition) is 2. The van der Waals surface area contributed by atoms with Crippen molar-refractivity contribution in [3.63, 3.8) is 0 Å². The lowest BCUT2D eigenvalue weighted by molar-refractivity contribution is -0.139. The van der Waals surface area contributed by atoms with E-state index in [-0.39, 0.29) is 6.04 Å². The highest BCUT2D eigenvalue weighted by Gasteiger charge is 2.24. The van der Waals surface area contributed by atoms with Gasteiger partial charge in [-0.1, -0.05) is 33.6 Å². The first-order valence-corrected chi connectivity index (χ1v) is 8.00. The van der Waals surface area contributed by atoms with Gasteiger partial charge in [0.05, 0.1) is 0 Å². The van der Waals surface area contributed by atoms with Crippen LogP contribution < -0.4 is 5.32 Å². The predicted molar refractivity (Wildman–Crippen MR) is 79.2 cm³/mol. The van der Waals surface area contributed by atoms with Gasteiger partial charge >= 0.3 is 5.97 Å². The van der Waals surface area contributed by atoms with Crippen molar-refractivity contribution in [2.24, 2.45) is 17.8 Å². The number of carboxylic acid groups (broad SMARTS) is 1. The minimum Gasteiger partial charge on any atom is -0.480 e. The van der Waals surface area contributed by atoms with Crippen LogP contribution in [-0.2, 0) is 4.79 Å². The van der Waals surface area contributed by atoms with Crippen LogP contribution in [0.15, 0.2) is 0 Å². The molecule has 2 N–H and O–H groups in total. The second-order valence-electron chi connectivity index (χ2n) is 6.47. The maximum atomic E-state index is 11.2. The summed E-state index contributed by atoms with van der Waals surface area (Å²) >= 11 is 0. The highest BCUT2D eigenvalue weighted by atomic mass is 16.4. The summed E-state index contributed by atoms with van der Waals surface area (Å²) in [5.74, 6) is 1.67. The monoisotopic (exact) mass is 269 g/mol. The van der Waals surface area contributed by atoms with E-state index in [0.717, 1.165) is 37.6 Å². The second kappa shape index (κ2) is 8.57. The average Bonchev–Trinajstić information content (AvgIpc) is 2.39. The Morgan fingerprint density at radius 3 is 2.37 bits per heavy atom. The Hall–Kier alpha value is -0.570. The molecule has 3 heteroatoms. The van der Waals surface area contributed by atoms with E-state index in [9.17, 15) is 9.90 Å². The molecule has 1 fully saturated rings. The van der Waals surface area contributed by atoms with Crippen molar-refractivity contribution in [2.45, 2.75) is 71.8 Å². The summed E-state index contributed by atoms with van der Waals surface area (Å²) in [5, 5.41) is 12.4. The number of unbranched alkanes of at least 4 members (excludes halogenated alkanes) is 1. The molecule has 1 atom stereocenters. The Balaban J connectivity index is 2.26. The molecule has 3 nitrogen and oxygen atoms in total. The summed E-state index contributed by atoms with van der Waals surface area (Å²) in [4.78, 5) is 11.2. The van der Waals surface area contributed by atoms with Crippen LogP contribution in [0.2, 0.25) is 0 Å². The minimum atomic E-state index is -0.690.